The highest BCUT2D eigenvalue weighted by molar-refractivity contribution is 5.96. The second-order valence-electron chi connectivity index (χ2n) is 5.23. The van der Waals surface area contributed by atoms with Crippen LogP contribution in [0.1, 0.15) is 13.8 Å². The average Bonchev–Trinajstić information content (AvgIpc) is 2.45. The van der Waals surface area contributed by atoms with Gasteiger partial charge >= 0.3 is 0 Å². The minimum Gasteiger partial charge on any atom is -0.490 e. The van der Waals surface area contributed by atoms with Crippen LogP contribution in [0.25, 0.3) is 10.8 Å². The third-order valence-corrected chi connectivity index (χ3v) is 3.11. The van der Waals surface area contributed by atoms with Crippen molar-refractivity contribution in [2.45, 2.75) is 26.0 Å². The van der Waals surface area contributed by atoms with Crippen LogP contribution >= 0.6 is 0 Å². The normalized spacial score (nSPS) is 12.8. The van der Waals surface area contributed by atoms with Gasteiger partial charge in [0.25, 0.3) is 0 Å². The summed E-state index contributed by atoms with van der Waals surface area (Å²) in [5.74, 6) is 0.749. The summed E-state index contributed by atoms with van der Waals surface area (Å²) in [6, 6.07) is 11.9. The van der Waals surface area contributed by atoms with Gasteiger partial charge in [-0.05, 0) is 12.1 Å². The standard InChI is InChI=1S/C16H22N2O2/c1-11(2)18-9-12(19)10-20-16-8-7-15(17)13-5-3-4-6-14(13)16/h3-8,11-12,18-19H,9-10,17H2,1-2H3. The average molecular weight is 274 g/mol. The highest BCUT2D eigenvalue weighted by atomic mass is 16.5. The number of aliphatic hydroxyl groups is 1. The van der Waals surface area contributed by atoms with Crippen molar-refractivity contribution in [1.29, 1.82) is 0 Å². The van der Waals surface area contributed by atoms with Gasteiger partial charge in [-0.1, -0.05) is 38.1 Å². The van der Waals surface area contributed by atoms with Crippen molar-refractivity contribution < 1.29 is 9.84 Å². The maximum atomic E-state index is 9.87. The van der Waals surface area contributed by atoms with Crippen LogP contribution < -0.4 is 15.8 Å². The molecule has 0 aromatic heterocycles. The van der Waals surface area contributed by atoms with Crippen molar-refractivity contribution in [3.05, 3.63) is 36.4 Å². The molecule has 1 unspecified atom stereocenters. The zero-order valence-electron chi connectivity index (χ0n) is 12.0. The first-order valence-electron chi connectivity index (χ1n) is 6.89. The van der Waals surface area contributed by atoms with Gasteiger partial charge in [0.05, 0.1) is 0 Å². The van der Waals surface area contributed by atoms with Gasteiger partial charge in [0.2, 0.25) is 0 Å². The number of hydrogen-bond acceptors (Lipinski definition) is 4. The molecule has 0 aliphatic carbocycles. The number of nitrogen functional groups attached to an aromatic ring is 1. The van der Waals surface area contributed by atoms with Gasteiger partial charge in [-0.2, -0.15) is 0 Å². The molecule has 0 saturated carbocycles. The van der Waals surface area contributed by atoms with Crippen molar-refractivity contribution in [2.75, 3.05) is 18.9 Å². The molecule has 0 spiro atoms. The first kappa shape index (κ1) is 14.6. The third kappa shape index (κ3) is 3.62. The SMILES string of the molecule is CC(C)NCC(O)COc1ccc(N)c2ccccc12. The van der Waals surface area contributed by atoms with E-state index in [0.717, 1.165) is 22.2 Å². The largest absolute Gasteiger partial charge is 0.490 e. The van der Waals surface area contributed by atoms with Crippen molar-refractivity contribution >= 4 is 16.5 Å². The van der Waals surface area contributed by atoms with Crippen LogP contribution in [0.4, 0.5) is 5.69 Å². The fraction of sp³-hybridized carbons (Fsp3) is 0.375. The summed E-state index contributed by atoms with van der Waals surface area (Å²) in [4.78, 5) is 0. The summed E-state index contributed by atoms with van der Waals surface area (Å²) in [5, 5.41) is 15.0. The molecule has 2 aromatic carbocycles. The number of hydrogen-bond donors (Lipinski definition) is 3. The first-order chi connectivity index (χ1) is 9.58. The molecule has 0 heterocycles. The summed E-state index contributed by atoms with van der Waals surface area (Å²) in [7, 11) is 0. The molecule has 0 amide bonds. The highest BCUT2D eigenvalue weighted by Gasteiger charge is 2.09. The molecule has 0 bridgehead atoms. The van der Waals surface area contributed by atoms with E-state index in [0.29, 0.717) is 12.6 Å². The fourth-order valence-corrected chi connectivity index (χ4v) is 2.04. The number of anilines is 1. The number of nitrogens with two attached hydrogens (primary N) is 1. The molecule has 4 heteroatoms. The van der Waals surface area contributed by atoms with E-state index in [4.69, 9.17) is 10.5 Å². The topological polar surface area (TPSA) is 67.5 Å². The molecular formula is C16H22N2O2. The third-order valence-electron chi connectivity index (χ3n) is 3.11. The summed E-state index contributed by atoms with van der Waals surface area (Å²) in [6.07, 6.45) is -0.534. The molecule has 0 fully saturated rings. The molecule has 0 aliphatic heterocycles. The lowest BCUT2D eigenvalue weighted by Crippen LogP contribution is -2.35. The lowest BCUT2D eigenvalue weighted by atomic mass is 10.1. The van der Waals surface area contributed by atoms with Crippen LogP contribution in [-0.2, 0) is 0 Å². The van der Waals surface area contributed by atoms with Crippen LogP contribution in [0, 0.1) is 0 Å². The lowest BCUT2D eigenvalue weighted by Gasteiger charge is -2.16. The van der Waals surface area contributed by atoms with Crippen molar-refractivity contribution in [2.24, 2.45) is 0 Å². The molecule has 1 atom stereocenters. The zero-order valence-corrected chi connectivity index (χ0v) is 12.0. The number of benzene rings is 2. The second-order valence-corrected chi connectivity index (χ2v) is 5.23. The van der Waals surface area contributed by atoms with Gasteiger partial charge in [-0.25, -0.2) is 0 Å². The second kappa shape index (κ2) is 6.59. The Labute approximate surface area is 119 Å². The Hall–Kier alpha value is -1.78. The van der Waals surface area contributed by atoms with Gasteiger partial charge in [-0.15, -0.1) is 0 Å². The number of nitrogens with one attached hydrogen (secondary N) is 1. The van der Waals surface area contributed by atoms with Crippen LogP contribution in [0.3, 0.4) is 0 Å². The fourth-order valence-electron chi connectivity index (χ4n) is 2.04. The lowest BCUT2D eigenvalue weighted by molar-refractivity contribution is 0.105. The molecule has 0 saturated heterocycles. The molecule has 108 valence electrons. The summed E-state index contributed by atoms with van der Waals surface area (Å²) in [6.45, 7) is 4.86. The number of aliphatic hydroxyl groups excluding tert-OH is 1. The number of fused-ring (bicyclic) bond motifs is 1. The Morgan fingerprint density at radius 2 is 1.85 bits per heavy atom. The molecule has 0 radical (unpaired) electrons. The van der Waals surface area contributed by atoms with Gasteiger partial charge in [0, 0.05) is 29.0 Å². The van der Waals surface area contributed by atoms with Crippen molar-refractivity contribution in [1.82, 2.24) is 5.32 Å². The van der Waals surface area contributed by atoms with Crippen LogP contribution in [0.15, 0.2) is 36.4 Å². The quantitative estimate of drug-likeness (QED) is 0.706. The van der Waals surface area contributed by atoms with E-state index in [1.54, 1.807) is 0 Å². The van der Waals surface area contributed by atoms with Crippen LogP contribution in [0.2, 0.25) is 0 Å². The Balaban J connectivity index is 2.05. The van der Waals surface area contributed by atoms with E-state index < -0.39 is 6.10 Å². The minimum absolute atomic E-state index is 0.258. The summed E-state index contributed by atoms with van der Waals surface area (Å²) >= 11 is 0. The maximum absolute atomic E-state index is 9.87. The molecule has 2 rings (SSSR count). The molecule has 20 heavy (non-hydrogen) atoms. The predicted molar refractivity (Wildman–Crippen MR) is 83.0 cm³/mol. The van der Waals surface area contributed by atoms with Crippen molar-refractivity contribution in [3.8, 4) is 5.75 Å². The minimum atomic E-state index is -0.534. The van der Waals surface area contributed by atoms with E-state index in [1.807, 2.05) is 50.2 Å². The zero-order chi connectivity index (χ0) is 14.5. The molecular weight excluding hydrogens is 252 g/mol. The molecule has 0 aliphatic rings. The smallest absolute Gasteiger partial charge is 0.127 e. The maximum Gasteiger partial charge on any atom is 0.127 e. The van der Waals surface area contributed by atoms with Gasteiger partial charge < -0.3 is 20.9 Å². The predicted octanol–water partition coefficient (Wildman–Crippen LogP) is 2.16. The summed E-state index contributed by atoms with van der Waals surface area (Å²) < 4.78 is 5.72. The van der Waals surface area contributed by atoms with E-state index >= 15 is 0 Å². The Bertz CT molecular complexity index is 569. The van der Waals surface area contributed by atoms with Gasteiger partial charge in [0.15, 0.2) is 0 Å². The van der Waals surface area contributed by atoms with E-state index in [-0.39, 0.29) is 6.61 Å². The monoisotopic (exact) mass is 274 g/mol. The number of ether oxygens (including phenoxy) is 1. The van der Waals surface area contributed by atoms with Crippen LogP contribution in [0.5, 0.6) is 5.75 Å². The van der Waals surface area contributed by atoms with E-state index in [9.17, 15) is 5.11 Å². The summed E-state index contributed by atoms with van der Waals surface area (Å²) in [5.41, 5.74) is 6.68. The van der Waals surface area contributed by atoms with Gasteiger partial charge in [-0.3, -0.25) is 0 Å². The Morgan fingerprint density at radius 1 is 1.15 bits per heavy atom. The van der Waals surface area contributed by atoms with Crippen molar-refractivity contribution in [3.63, 3.8) is 0 Å². The molecule has 4 N–H and O–H groups in total. The molecule has 4 nitrogen and oxygen atoms in total. The highest BCUT2D eigenvalue weighted by Crippen LogP contribution is 2.29. The first-order valence-corrected chi connectivity index (χ1v) is 6.89. The van der Waals surface area contributed by atoms with E-state index in [1.165, 1.54) is 0 Å². The van der Waals surface area contributed by atoms with E-state index in [2.05, 4.69) is 5.32 Å². The van der Waals surface area contributed by atoms with Gasteiger partial charge in [0.1, 0.15) is 18.5 Å². The Morgan fingerprint density at radius 3 is 2.55 bits per heavy atom. The molecule has 2 aromatic rings. The van der Waals surface area contributed by atoms with Crippen LogP contribution in [-0.4, -0.2) is 30.4 Å². The number of rotatable bonds is 6. The Kier molecular flexibility index (Phi) is 4.82.